The molecule has 0 spiro atoms. The first-order chi connectivity index (χ1) is 23.8. The topological polar surface area (TPSA) is 41.2 Å². The van der Waals surface area contributed by atoms with Crippen LogP contribution in [0.4, 0.5) is 0 Å². The molecule has 0 bridgehead atoms. The second-order valence-electron chi connectivity index (χ2n) is 13.4. The smallest absolute Gasteiger partial charge is 0.258 e. The van der Waals surface area contributed by atoms with Crippen molar-refractivity contribution in [1.29, 1.82) is 0 Å². The molecule has 0 fully saturated rings. The number of nitrogens with zero attached hydrogens (tertiary/aromatic N) is 3. The number of fused-ring (bicyclic) bond motifs is 16. The Morgan fingerprint density at radius 3 is 1.42 bits per heavy atom. The van der Waals surface area contributed by atoms with E-state index in [2.05, 4.69) is 137 Å². The second kappa shape index (κ2) is 8.01. The third-order valence-corrected chi connectivity index (χ3v) is 11.3. The molecule has 0 atom stereocenters. The van der Waals surface area contributed by atoms with Gasteiger partial charge in [-0.15, -0.1) is 0 Å². The van der Waals surface area contributed by atoms with E-state index in [4.69, 9.17) is 14.5 Å². The Hall–Kier alpha value is -6.20. The molecule has 0 radical (unpaired) electrons. The minimum absolute atomic E-state index is 0.0271. The molecule has 4 aliphatic rings. The maximum Gasteiger partial charge on any atom is 0.258 e. The summed E-state index contributed by atoms with van der Waals surface area (Å²) in [5.74, 6) is 2.95. The van der Waals surface area contributed by atoms with Crippen LogP contribution in [-0.4, -0.2) is 27.5 Å². The van der Waals surface area contributed by atoms with Gasteiger partial charge in [0.25, 0.3) is 13.4 Å². The molecule has 7 heteroatoms. The fourth-order valence-corrected chi connectivity index (χ4v) is 9.49. The van der Waals surface area contributed by atoms with E-state index >= 15 is 0 Å². The number of pyridine rings is 1. The van der Waals surface area contributed by atoms with Crippen molar-refractivity contribution in [2.45, 2.75) is 0 Å². The van der Waals surface area contributed by atoms with Crippen molar-refractivity contribution in [2.75, 3.05) is 0 Å². The van der Waals surface area contributed by atoms with Crippen LogP contribution in [0.3, 0.4) is 0 Å². The Kier molecular flexibility index (Phi) is 4.01. The highest BCUT2D eigenvalue weighted by Crippen LogP contribution is 2.41. The van der Waals surface area contributed by atoms with E-state index in [0.717, 1.165) is 22.4 Å². The molecule has 48 heavy (non-hydrogen) atoms. The summed E-state index contributed by atoms with van der Waals surface area (Å²) < 4.78 is 18.4. The lowest BCUT2D eigenvalue weighted by molar-refractivity contribution is 0.432. The average Bonchev–Trinajstić information content (AvgIpc) is 3.66. The first-order valence-electron chi connectivity index (χ1n) is 16.5. The number of ether oxygens (including phenoxy) is 2. The second-order valence-corrected chi connectivity index (χ2v) is 13.4. The van der Waals surface area contributed by atoms with E-state index in [0.29, 0.717) is 11.8 Å². The Balaban J connectivity index is 1.13. The Morgan fingerprint density at radius 1 is 0.438 bits per heavy atom. The van der Waals surface area contributed by atoms with Crippen molar-refractivity contribution in [3.63, 3.8) is 0 Å². The van der Waals surface area contributed by atoms with Gasteiger partial charge in [0.05, 0.1) is 22.1 Å². The van der Waals surface area contributed by atoms with E-state index in [9.17, 15) is 0 Å². The fourth-order valence-electron chi connectivity index (χ4n) is 9.49. The molecule has 0 unspecified atom stereocenters. The molecular formula is C41H21B2N3O2. The fraction of sp³-hybridized carbons (Fsp3) is 0. The van der Waals surface area contributed by atoms with Crippen molar-refractivity contribution in [3.05, 3.63) is 127 Å². The van der Waals surface area contributed by atoms with Gasteiger partial charge in [0.2, 0.25) is 11.8 Å². The number of rotatable bonds is 0. The van der Waals surface area contributed by atoms with Crippen LogP contribution in [0.25, 0.3) is 55.0 Å². The standard InChI is InChI=1S/C41H21B2N3O2/c1-5-13-30-22(9-1)24-17-19-34-36-38(24)45(30)32-15-7-3-11-26(32)42(36)28-21-29-41(44-40(28)47-34)48-35-20-18-25-23-10-2-6-14-31(23)46-33-16-8-4-12-27(33)43(29)37(35)39(25)46/h1-21H. The van der Waals surface area contributed by atoms with E-state index in [1.807, 2.05) is 0 Å². The molecule has 0 aliphatic carbocycles. The number of benzene rings is 6. The zero-order chi connectivity index (χ0) is 30.8. The summed E-state index contributed by atoms with van der Waals surface area (Å²) in [5, 5.41) is 5.00. The normalized spacial score (nSPS) is 14.1. The first-order valence-corrected chi connectivity index (χ1v) is 16.5. The van der Waals surface area contributed by atoms with Gasteiger partial charge in [0.1, 0.15) is 11.5 Å². The maximum absolute atomic E-state index is 6.76. The average molecular weight is 609 g/mol. The first kappa shape index (κ1) is 24.0. The van der Waals surface area contributed by atoms with Crippen LogP contribution in [0.15, 0.2) is 127 Å². The summed E-state index contributed by atoms with van der Waals surface area (Å²) in [7, 11) is 0. The molecule has 3 aromatic heterocycles. The highest BCUT2D eigenvalue weighted by Gasteiger charge is 2.45. The summed E-state index contributed by atoms with van der Waals surface area (Å²) >= 11 is 0. The maximum atomic E-state index is 6.76. The summed E-state index contributed by atoms with van der Waals surface area (Å²) in [4.78, 5) is 5.22. The van der Waals surface area contributed by atoms with Gasteiger partial charge in [-0.05, 0) is 81.3 Å². The number of hydrogen-bond donors (Lipinski definition) is 0. The van der Waals surface area contributed by atoms with Gasteiger partial charge in [-0.2, -0.15) is 4.98 Å². The van der Waals surface area contributed by atoms with Crippen LogP contribution in [0, 0.1) is 0 Å². The Morgan fingerprint density at radius 2 is 0.896 bits per heavy atom. The Bertz CT molecular complexity index is 2800. The largest absolute Gasteiger partial charge is 0.440 e. The Labute approximate surface area is 274 Å². The molecule has 0 saturated heterocycles. The quantitative estimate of drug-likeness (QED) is 0.224. The van der Waals surface area contributed by atoms with Crippen molar-refractivity contribution < 1.29 is 9.47 Å². The van der Waals surface area contributed by atoms with Crippen LogP contribution in [0.1, 0.15) is 0 Å². The molecule has 0 saturated carbocycles. The predicted octanol–water partition coefficient (Wildman–Crippen LogP) is 5.15. The van der Waals surface area contributed by atoms with Crippen LogP contribution >= 0.6 is 0 Å². The number of hydrogen-bond acceptors (Lipinski definition) is 3. The SMILES string of the molecule is c1ccc2c(c1)B1c3cc4c(nc3Oc3ccc5c6ccccc6n-2c5c31)Oc1ccc2c3ccccc3n3c2c1B4c1ccccc1-3. The van der Waals surface area contributed by atoms with Gasteiger partial charge in [-0.25, -0.2) is 0 Å². The third kappa shape index (κ3) is 2.60. The van der Waals surface area contributed by atoms with E-state index in [1.54, 1.807) is 0 Å². The van der Waals surface area contributed by atoms with E-state index < -0.39 is 0 Å². The lowest BCUT2D eigenvalue weighted by Crippen LogP contribution is -2.62. The van der Waals surface area contributed by atoms with Gasteiger partial charge >= 0.3 is 0 Å². The summed E-state index contributed by atoms with van der Waals surface area (Å²) in [6.45, 7) is -0.0542. The minimum atomic E-state index is -0.0271. The van der Waals surface area contributed by atoms with E-state index in [1.165, 1.54) is 76.8 Å². The van der Waals surface area contributed by atoms with Crippen molar-refractivity contribution in [1.82, 2.24) is 14.1 Å². The van der Waals surface area contributed by atoms with Gasteiger partial charge < -0.3 is 18.6 Å². The lowest BCUT2D eigenvalue weighted by atomic mass is 9.32. The molecule has 0 amide bonds. The van der Waals surface area contributed by atoms with Gasteiger partial charge in [-0.1, -0.05) is 78.9 Å². The lowest BCUT2D eigenvalue weighted by Gasteiger charge is -2.35. The zero-order valence-electron chi connectivity index (χ0n) is 25.4. The summed E-state index contributed by atoms with van der Waals surface area (Å²) in [6, 6.07) is 46.1. The molecule has 6 aromatic carbocycles. The van der Waals surface area contributed by atoms with Gasteiger partial charge in [0.15, 0.2) is 0 Å². The predicted molar refractivity (Wildman–Crippen MR) is 195 cm³/mol. The molecule has 9 aromatic rings. The monoisotopic (exact) mass is 609 g/mol. The van der Waals surface area contributed by atoms with Crippen LogP contribution in [0.5, 0.6) is 23.3 Å². The molecule has 5 nitrogen and oxygen atoms in total. The van der Waals surface area contributed by atoms with Crippen molar-refractivity contribution >= 4 is 89.8 Å². The van der Waals surface area contributed by atoms with Crippen molar-refractivity contribution in [3.8, 4) is 34.6 Å². The molecule has 218 valence electrons. The zero-order valence-corrected chi connectivity index (χ0v) is 25.4. The molecule has 0 N–H and O–H groups in total. The van der Waals surface area contributed by atoms with E-state index in [-0.39, 0.29) is 13.4 Å². The summed E-state index contributed by atoms with van der Waals surface area (Å²) in [5.41, 5.74) is 14.4. The highest BCUT2D eigenvalue weighted by molar-refractivity contribution is 7.02. The molecule has 13 rings (SSSR count). The third-order valence-electron chi connectivity index (χ3n) is 11.3. The molecule has 4 aliphatic heterocycles. The van der Waals surface area contributed by atoms with Crippen LogP contribution in [0.2, 0.25) is 0 Å². The van der Waals surface area contributed by atoms with Crippen LogP contribution in [-0.2, 0) is 0 Å². The highest BCUT2D eigenvalue weighted by atomic mass is 16.5. The number of aromatic nitrogens is 3. The molecule has 7 heterocycles. The van der Waals surface area contributed by atoms with Gasteiger partial charge in [0, 0.05) is 32.9 Å². The van der Waals surface area contributed by atoms with Gasteiger partial charge in [-0.3, -0.25) is 0 Å². The molecular weight excluding hydrogens is 588 g/mol. The number of para-hydroxylation sites is 4. The summed E-state index contributed by atoms with van der Waals surface area (Å²) in [6.07, 6.45) is 0. The minimum Gasteiger partial charge on any atom is -0.440 e. The van der Waals surface area contributed by atoms with Crippen LogP contribution < -0.4 is 42.3 Å². The van der Waals surface area contributed by atoms with Crippen molar-refractivity contribution in [2.24, 2.45) is 0 Å².